The first-order chi connectivity index (χ1) is 10.2. The number of guanidine groups is 1. The molecule has 124 valence electrons. The van der Waals surface area contributed by atoms with Crippen molar-refractivity contribution >= 4 is 41.5 Å². The molecule has 0 bridgehead atoms. The second kappa shape index (κ2) is 10.2. The van der Waals surface area contributed by atoms with Crippen LogP contribution in [-0.2, 0) is 6.42 Å². The number of nitrogens with one attached hydrogen (secondary N) is 1. The minimum atomic E-state index is 0. The van der Waals surface area contributed by atoms with Gasteiger partial charge in [0, 0.05) is 31.2 Å². The zero-order valence-corrected chi connectivity index (χ0v) is 16.4. The van der Waals surface area contributed by atoms with E-state index in [1.807, 2.05) is 18.2 Å². The second-order valence-electron chi connectivity index (χ2n) is 5.14. The summed E-state index contributed by atoms with van der Waals surface area (Å²) in [5, 5.41) is 4.11. The zero-order chi connectivity index (χ0) is 15.1. The van der Waals surface area contributed by atoms with E-state index in [2.05, 4.69) is 17.1 Å². The minimum absolute atomic E-state index is 0. The standard InChI is InChI=1S/C16H24ClN3O.HI/c1-3-18-16(20-10-4-5-11-20)19-9-8-13-6-7-14(21-2)12-15(13)17;/h6-7,12H,3-5,8-11H2,1-2H3,(H,18,19);1H. The third kappa shape index (κ3) is 5.50. The van der Waals surface area contributed by atoms with Crippen LogP contribution in [-0.4, -0.2) is 44.1 Å². The van der Waals surface area contributed by atoms with Gasteiger partial charge in [-0.1, -0.05) is 17.7 Å². The van der Waals surface area contributed by atoms with E-state index in [0.717, 1.165) is 54.9 Å². The first kappa shape index (κ1) is 19.4. The van der Waals surface area contributed by atoms with Crippen molar-refractivity contribution in [1.82, 2.24) is 10.2 Å². The fourth-order valence-electron chi connectivity index (χ4n) is 2.49. The molecule has 0 aromatic heterocycles. The Morgan fingerprint density at radius 1 is 1.36 bits per heavy atom. The third-order valence-electron chi connectivity index (χ3n) is 3.64. The molecule has 2 rings (SSSR count). The number of hydrogen-bond acceptors (Lipinski definition) is 2. The van der Waals surface area contributed by atoms with Gasteiger partial charge in [0.05, 0.1) is 7.11 Å². The predicted molar refractivity (Wildman–Crippen MR) is 104 cm³/mol. The summed E-state index contributed by atoms with van der Waals surface area (Å²) in [5.74, 6) is 1.82. The van der Waals surface area contributed by atoms with Crippen LogP contribution in [0.3, 0.4) is 0 Å². The van der Waals surface area contributed by atoms with Crippen LogP contribution in [0.1, 0.15) is 25.3 Å². The molecule has 1 aromatic carbocycles. The van der Waals surface area contributed by atoms with Crippen molar-refractivity contribution in [2.75, 3.05) is 33.3 Å². The van der Waals surface area contributed by atoms with Gasteiger partial charge in [-0.3, -0.25) is 4.99 Å². The van der Waals surface area contributed by atoms with Gasteiger partial charge in [0.1, 0.15) is 5.75 Å². The number of nitrogens with zero attached hydrogens (tertiary/aromatic N) is 2. The molecule has 0 radical (unpaired) electrons. The van der Waals surface area contributed by atoms with Crippen molar-refractivity contribution in [3.8, 4) is 5.75 Å². The van der Waals surface area contributed by atoms with Gasteiger partial charge in [0.2, 0.25) is 0 Å². The summed E-state index contributed by atoms with van der Waals surface area (Å²) in [4.78, 5) is 7.05. The fraction of sp³-hybridized carbons (Fsp3) is 0.562. The molecule has 0 atom stereocenters. The first-order valence-corrected chi connectivity index (χ1v) is 7.98. The molecule has 1 fully saturated rings. The SMILES string of the molecule is CCNC(=NCCc1ccc(OC)cc1Cl)N1CCCC1.I. The van der Waals surface area contributed by atoms with Crippen molar-refractivity contribution in [3.05, 3.63) is 28.8 Å². The lowest BCUT2D eigenvalue weighted by Gasteiger charge is -2.20. The summed E-state index contributed by atoms with van der Waals surface area (Å²) in [6.07, 6.45) is 3.36. The molecule has 4 nitrogen and oxygen atoms in total. The molecule has 22 heavy (non-hydrogen) atoms. The zero-order valence-electron chi connectivity index (χ0n) is 13.3. The number of halogens is 2. The van der Waals surface area contributed by atoms with E-state index >= 15 is 0 Å². The van der Waals surface area contributed by atoms with Crippen LogP contribution >= 0.6 is 35.6 Å². The molecule has 1 saturated heterocycles. The van der Waals surface area contributed by atoms with E-state index < -0.39 is 0 Å². The van der Waals surface area contributed by atoms with Gasteiger partial charge in [-0.05, 0) is 43.9 Å². The Morgan fingerprint density at radius 3 is 2.68 bits per heavy atom. The molecule has 0 unspecified atom stereocenters. The minimum Gasteiger partial charge on any atom is -0.497 e. The lowest BCUT2D eigenvalue weighted by molar-refractivity contribution is 0.414. The highest BCUT2D eigenvalue weighted by molar-refractivity contribution is 14.0. The van der Waals surface area contributed by atoms with Crippen LogP contribution < -0.4 is 10.1 Å². The normalized spacial score (nSPS) is 14.7. The third-order valence-corrected chi connectivity index (χ3v) is 4.00. The second-order valence-corrected chi connectivity index (χ2v) is 5.54. The molecule has 0 aliphatic carbocycles. The van der Waals surface area contributed by atoms with E-state index in [0.29, 0.717) is 0 Å². The number of likely N-dealkylation sites (tertiary alicyclic amines) is 1. The van der Waals surface area contributed by atoms with Gasteiger partial charge in [-0.15, -0.1) is 24.0 Å². The van der Waals surface area contributed by atoms with Crippen molar-refractivity contribution < 1.29 is 4.74 Å². The Kier molecular flexibility index (Phi) is 8.93. The highest BCUT2D eigenvalue weighted by atomic mass is 127. The summed E-state index contributed by atoms with van der Waals surface area (Å²) in [5.41, 5.74) is 1.11. The van der Waals surface area contributed by atoms with Crippen LogP contribution in [0.25, 0.3) is 0 Å². The molecular formula is C16H25ClIN3O. The number of methoxy groups -OCH3 is 1. The Morgan fingerprint density at radius 2 is 2.09 bits per heavy atom. The maximum absolute atomic E-state index is 6.26. The summed E-state index contributed by atoms with van der Waals surface area (Å²) in [6, 6.07) is 5.81. The molecule has 0 spiro atoms. The average Bonchev–Trinajstić information content (AvgIpc) is 3.02. The van der Waals surface area contributed by atoms with Gasteiger partial charge in [-0.2, -0.15) is 0 Å². The monoisotopic (exact) mass is 437 g/mol. The maximum Gasteiger partial charge on any atom is 0.193 e. The molecular weight excluding hydrogens is 413 g/mol. The Hall–Kier alpha value is -0.690. The Bertz CT molecular complexity index is 490. The van der Waals surface area contributed by atoms with Crippen LogP contribution in [0.15, 0.2) is 23.2 Å². The van der Waals surface area contributed by atoms with Crippen LogP contribution in [0.2, 0.25) is 5.02 Å². The summed E-state index contributed by atoms with van der Waals surface area (Å²) in [7, 11) is 1.65. The number of ether oxygens (including phenoxy) is 1. The van der Waals surface area contributed by atoms with Crippen molar-refractivity contribution in [2.45, 2.75) is 26.2 Å². The van der Waals surface area contributed by atoms with Crippen LogP contribution in [0, 0.1) is 0 Å². The smallest absolute Gasteiger partial charge is 0.193 e. The number of benzene rings is 1. The molecule has 1 aliphatic heterocycles. The van der Waals surface area contributed by atoms with E-state index in [4.69, 9.17) is 21.3 Å². The van der Waals surface area contributed by atoms with E-state index in [-0.39, 0.29) is 24.0 Å². The molecule has 1 heterocycles. The topological polar surface area (TPSA) is 36.9 Å². The van der Waals surface area contributed by atoms with Gasteiger partial charge >= 0.3 is 0 Å². The van der Waals surface area contributed by atoms with Gasteiger partial charge in [0.15, 0.2) is 5.96 Å². The molecule has 0 saturated carbocycles. The lowest BCUT2D eigenvalue weighted by atomic mass is 10.1. The highest BCUT2D eigenvalue weighted by Gasteiger charge is 2.15. The van der Waals surface area contributed by atoms with Crippen molar-refractivity contribution in [1.29, 1.82) is 0 Å². The summed E-state index contributed by atoms with van der Waals surface area (Å²) < 4.78 is 5.16. The Labute approximate surface area is 155 Å². The van der Waals surface area contributed by atoms with Crippen LogP contribution in [0.4, 0.5) is 0 Å². The first-order valence-electron chi connectivity index (χ1n) is 7.60. The van der Waals surface area contributed by atoms with Gasteiger partial charge < -0.3 is 15.0 Å². The lowest BCUT2D eigenvalue weighted by Crippen LogP contribution is -2.39. The number of aliphatic imine (C=N–C) groups is 1. The summed E-state index contributed by atoms with van der Waals surface area (Å²) >= 11 is 6.26. The van der Waals surface area contributed by atoms with Crippen molar-refractivity contribution in [3.63, 3.8) is 0 Å². The highest BCUT2D eigenvalue weighted by Crippen LogP contribution is 2.22. The molecule has 1 aromatic rings. The van der Waals surface area contributed by atoms with E-state index in [1.54, 1.807) is 7.11 Å². The number of hydrogen-bond donors (Lipinski definition) is 1. The molecule has 6 heteroatoms. The fourth-order valence-corrected chi connectivity index (χ4v) is 2.76. The molecule has 1 aliphatic rings. The van der Waals surface area contributed by atoms with Crippen molar-refractivity contribution in [2.24, 2.45) is 4.99 Å². The Balaban J connectivity index is 0.00000242. The van der Waals surface area contributed by atoms with E-state index in [1.165, 1.54) is 12.8 Å². The largest absolute Gasteiger partial charge is 0.497 e. The maximum atomic E-state index is 6.26. The average molecular weight is 438 g/mol. The van der Waals surface area contributed by atoms with E-state index in [9.17, 15) is 0 Å². The van der Waals surface area contributed by atoms with Gasteiger partial charge in [-0.25, -0.2) is 0 Å². The molecule has 0 amide bonds. The number of rotatable bonds is 5. The molecule has 1 N–H and O–H groups in total. The quantitative estimate of drug-likeness (QED) is 0.435. The van der Waals surface area contributed by atoms with Crippen LogP contribution in [0.5, 0.6) is 5.75 Å². The summed E-state index contributed by atoms with van der Waals surface area (Å²) in [6.45, 7) is 5.96. The predicted octanol–water partition coefficient (Wildman–Crippen LogP) is 3.57. The van der Waals surface area contributed by atoms with Gasteiger partial charge in [0.25, 0.3) is 0 Å².